The molecule has 0 aliphatic carbocycles. The molecule has 1 aromatic carbocycles. The normalized spacial score (nSPS) is 13.3. The Balaban J connectivity index is 0.00000324. The van der Waals surface area contributed by atoms with Gasteiger partial charge in [0.25, 0.3) is 0 Å². The molecule has 0 heterocycles. The van der Waals surface area contributed by atoms with Crippen molar-refractivity contribution >= 4 is 5.97 Å². The van der Waals surface area contributed by atoms with Gasteiger partial charge in [0.05, 0.1) is 0 Å². The van der Waals surface area contributed by atoms with Crippen molar-refractivity contribution in [1.82, 2.24) is 0 Å². The van der Waals surface area contributed by atoms with E-state index in [4.69, 9.17) is 4.84 Å². The average Bonchev–Trinajstić information content (AvgIpc) is 2.29. The van der Waals surface area contributed by atoms with Gasteiger partial charge in [-0.1, -0.05) is 36.9 Å². The molecule has 106 valence electrons. The van der Waals surface area contributed by atoms with Crippen LogP contribution in [0, 0.1) is 0 Å². The Morgan fingerprint density at radius 1 is 1.32 bits per heavy atom. The van der Waals surface area contributed by atoms with Crippen LogP contribution in [-0.2, 0) is 16.2 Å². The topological polar surface area (TPSA) is 26.3 Å². The number of benzene rings is 1. The Labute approximate surface area is 121 Å². The van der Waals surface area contributed by atoms with E-state index >= 15 is 0 Å². The highest BCUT2D eigenvalue weighted by molar-refractivity contribution is 5.86. The molecule has 0 aliphatic heterocycles. The molecule has 0 aromatic heterocycles. The Kier molecular flexibility index (Phi) is 6.81. The summed E-state index contributed by atoms with van der Waals surface area (Å²) in [6.07, 6.45) is 0. The summed E-state index contributed by atoms with van der Waals surface area (Å²) in [7, 11) is 1.92. The zero-order valence-electron chi connectivity index (χ0n) is 12.0. The lowest BCUT2D eigenvalue weighted by molar-refractivity contribution is -1.10. The van der Waals surface area contributed by atoms with Gasteiger partial charge in [0, 0.05) is 11.1 Å². The lowest BCUT2D eigenvalue weighted by Crippen LogP contribution is -3.00. The molecule has 0 aliphatic rings. The third-order valence-corrected chi connectivity index (χ3v) is 3.07. The standard InChI is InChI=1S/C15H22NO2.ClH/c1-12(2)15(17)18-16(5,13(3)4)11-14-9-7-6-8-10-14;/h6-10,13H,1,11H2,2-5H3;1H/q+1;/p-1. The monoisotopic (exact) mass is 283 g/mol. The first-order valence-corrected chi connectivity index (χ1v) is 6.13. The number of hydrogen-bond acceptors (Lipinski definition) is 2. The van der Waals surface area contributed by atoms with Gasteiger partial charge in [-0.25, -0.2) is 4.79 Å². The average molecular weight is 284 g/mol. The van der Waals surface area contributed by atoms with Gasteiger partial charge in [-0.3, -0.25) is 4.84 Å². The maximum Gasteiger partial charge on any atom is 0.392 e. The highest BCUT2D eigenvalue weighted by Crippen LogP contribution is 2.18. The fourth-order valence-electron chi connectivity index (χ4n) is 1.53. The van der Waals surface area contributed by atoms with E-state index in [9.17, 15) is 4.79 Å². The predicted molar refractivity (Wildman–Crippen MR) is 72.4 cm³/mol. The van der Waals surface area contributed by atoms with E-state index in [0.717, 1.165) is 5.56 Å². The minimum absolute atomic E-state index is 0. The smallest absolute Gasteiger partial charge is 0.392 e. The minimum atomic E-state index is -0.345. The molecule has 1 aromatic rings. The summed E-state index contributed by atoms with van der Waals surface area (Å²) in [6.45, 7) is 10.0. The molecule has 0 fully saturated rings. The van der Waals surface area contributed by atoms with E-state index in [2.05, 4.69) is 6.58 Å². The molecule has 19 heavy (non-hydrogen) atoms. The quantitative estimate of drug-likeness (QED) is 0.435. The maximum absolute atomic E-state index is 11.7. The second-order valence-electron chi connectivity index (χ2n) is 5.07. The Morgan fingerprint density at radius 2 is 1.84 bits per heavy atom. The van der Waals surface area contributed by atoms with Gasteiger partial charge < -0.3 is 12.4 Å². The van der Waals surface area contributed by atoms with Crippen LogP contribution in [0.4, 0.5) is 0 Å². The lowest BCUT2D eigenvalue weighted by Gasteiger charge is -2.34. The van der Waals surface area contributed by atoms with Crippen molar-refractivity contribution in [2.45, 2.75) is 33.4 Å². The number of rotatable bonds is 5. The second-order valence-corrected chi connectivity index (χ2v) is 5.07. The van der Waals surface area contributed by atoms with Crippen LogP contribution in [0.1, 0.15) is 26.3 Å². The molecule has 0 saturated heterocycles. The number of carbonyl (C=O) groups excluding carboxylic acids is 1. The van der Waals surface area contributed by atoms with E-state index in [0.29, 0.717) is 12.1 Å². The third-order valence-electron chi connectivity index (χ3n) is 3.07. The first-order valence-electron chi connectivity index (χ1n) is 6.13. The van der Waals surface area contributed by atoms with Crippen LogP contribution < -0.4 is 12.4 Å². The van der Waals surface area contributed by atoms with Crippen LogP contribution in [-0.4, -0.2) is 23.7 Å². The summed E-state index contributed by atoms with van der Waals surface area (Å²) >= 11 is 0. The van der Waals surface area contributed by atoms with Crippen LogP contribution in [0.15, 0.2) is 42.5 Å². The van der Waals surface area contributed by atoms with Crippen LogP contribution in [0.2, 0.25) is 0 Å². The third kappa shape index (κ3) is 5.05. The van der Waals surface area contributed by atoms with E-state index in [-0.39, 0.29) is 29.1 Å². The van der Waals surface area contributed by atoms with Gasteiger partial charge >= 0.3 is 5.97 Å². The fraction of sp³-hybridized carbons (Fsp3) is 0.400. The summed E-state index contributed by atoms with van der Waals surface area (Å²) in [5.41, 5.74) is 1.57. The van der Waals surface area contributed by atoms with Gasteiger partial charge in [0.15, 0.2) is 0 Å². The summed E-state index contributed by atoms with van der Waals surface area (Å²) in [5.74, 6) is -0.345. The number of carbonyl (C=O) groups is 1. The molecule has 0 amide bonds. The highest BCUT2D eigenvalue weighted by atomic mass is 35.5. The van der Waals surface area contributed by atoms with Gasteiger partial charge in [0.1, 0.15) is 19.6 Å². The molecule has 1 atom stereocenters. The number of nitrogens with zero attached hydrogens (tertiary/aromatic N) is 1. The van der Waals surface area contributed by atoms with Crippen LogP contribution in [0.5, 0.6) is 0 Å². The molecule has 3 nitrogen and oxygen atoms in total. The maximum atomic E-state index is 11.7. The number of halogens is 1. The van der Waals surface area contributed by atoms with Gasteiger partial charge in [-0.05, 0) is 20.8 Å². The fourth-order valence-corrected chi connectivity index (χ4v) is 1.53. The van der Waals surface area contributed by atoms with E-state index in [1.54, 1.807) is 6.92 Å². The van der Waals surface area contributed by atoms with Crippen molar-refractivity contribution in [3.63, 3.8) is 0 Å². The molecular weight excluding hydrogens is 262 g/mol. The van der Waals surface area contributed by atoms with Crippen LogP contribution >= 0.6 is 0 Å². The molecule has 0 radical (unpaired) electrons. The number of quaternary nitrogens is 1. The van der Waals surface area contributed by atoms with Crippen LogP contribution in [0.25, 0.3) is 0 Å². The molecule has 0 spiro atoms. The number of hydrogen-bond donors (Lipinski definition) is 0. The van der Waals surface area contributed by atoms with Crippen molar-refractivity contribution in [2.75, 3.05) is 7.05 Å². The lowest BCUT2D eigenvalue weighted by atomic mass is 10.2. The Morgan fingerprint density at radius 3 is 2.26 bits per heavy atom. The number of hydroxylamine groups is 3. The van der Waals surface area contributed by atoms with Gasteiger partial charge in [-0.15, -0.1) is 4.65 Å². The van der Waals surface area contributed by atoms with E-state index in [1.165, 1.54) is 0 Å². The predicted octanol–water partition coefficient (Wildman–Crippen LogP) is 0.0799. The Bertz CT molecular complexity index is 431. The van der Waals surface area contributed by atoms with Crippen molar-refractivity contribution in [2.24, 2.45) is 0 Å². The second kappa shape index (κ2) is 7.31. The molecule has 4 heteroatoms. The van der Waals surface area contributed by atoms with Gasteiger partial charge in [0.2, 0.25) is 0 Å². The van der Waals surface area contributed by atoms with Crippen molar-refractivity contribution in [3.05, 3.63) is 48.0 Å². The SMILES string of the molecule is C=C(C)C(=O)O[N+](C)(Cc1ccccc1)C(C)C.[Cl-]. The summed E-state index contributed by atoms with van der Waals surface area (Å²) in [4.78, 5) is 17.3. The van der Waals surface area contributed by atoms with Crippen molar-refractivity contribution in [1.29, 1.82) is 0 Å². The first kappa shape index (κ1) is 17.7. The van der Waals surface area contributed by atoms with Gasteiger partial charge in [-0.2, -0.15) is 0 Å². The highest BCUT2D eigenvalue weighted by Gasteiger charge is 2.32. The minimum Gasteiger partial charge on any atom is -1.00 e. The molecule has 0 N–H and O–H groups in total. The zero-order valence-corrected chi connectivity index (χ0v) is 12.8. The molecule has 0 saturated carbocycles. The molecule has 1 rings (SSSR count). The largest absolute Gasteiger partial charge is 1.00 e. The summed E-state index contributed by atoms with van der Waals surface area (Å²) in [6, 6.07) is 10.2. The van der Waals surface area contributed by atoms with E-state index in [1.807, 2.05) is 51.2 Å². The molecule has 1 unspecified atom stereocenters. The van der Waals surface area contributed by atoms with Crippen molar-refractivity contribution < 1.29 is 26.7 Å². The van der Waals surface area contributed by atoms with E-state index < -0.39 is 0 Å². The summed E-state index contributed by atoms with van der Waals surface area (Å²) < 4.78 is 0.218. The molecular formula is C15H22ClNO2. The van der Waals surface area contributed by atoms with Crippen molar-refractivity contribution in [3.8, 4) is 0 Å². The Hall–Kier alpha value is -1.32. The zero-order chi connectivity index (χ0) is 13.8. The van der Waals surface area contributed by atoms with Crippen LogP contribution in [0.3, 0.4) is 0 Å². The first-order chi connectivity index (χ1) is 8.35. The molecule has 0 bridgehead atoms. The summed E-state index contributed by atoms with van der Waals surface area (Å²) in [5, 5.41) is 0.